The van der Waals surface area contributed by atoms with E-state index in [1.165, 1.54) is 6.26 Å². The third-order valence-electron chi connectivity index (χ3n) is 5.56. The third kappa shape index (κ3) is 3.40. The molecule has 1 aromatic carbocycles. The van der Waals surface area contributed by atoms with Crippen LogP contribution in [0.1, 0.15) is 36.8 Å². The van der Waals surface area contributed by atoms with Crippen molar-refractivity contribution in [3.05, 3.63) is 47.4 Å². The minimum atomic E-state index is -3.43. The van der Waals surface area contributed by atoms with Gasteiger partial charge in [0.1, 0.15) is 0 Å². The molecule has 0 radical (unpaired) electrons. The van der Waals surface area contributed by atoms with Crippen LogP contribution in [0.5, 0.6) is 0 Å². The summed E-state index contributed by atoms with van der Waals surface area (Å²) in [4.78, 5) is 11.5. The highest BCUT2D eigenvalue weighted by Gasteiger charge is 2.33. The van der Waals surface area contributed by atoms with E-state index in [2.05, 4.69) is 39.3 Å². The van der Waals surface area contributed by atoms with Gasteiger partial charge in [0.25, 0.3) is 0 Å². The summed E-state index contributed by atoms with van der Waals surface area (Å²) in [5.74, 6) is 1.02. The van der Waals surface area contributed by atoms with Crippen LogP contribution >= 0.6 is 0 Å². The van der Waals surface area contributed by atoms with Gasteiger partial charge in [0.05, 0.1) is 17.5 Å². The van der Waals surface area contributed by atoms with E-state index in [0.29, 0.717) is 24.0 Å². The Morgan fingerprint density at radius 1 is 1.24 bits per heavy atom. The molecule has 0 saturated heterocycles. The number of hydrogen-bond donors (Lipinski definition) is 1. The lowest BCUT2D eigenvalue weighted by Crippen LogP contribution is -2.41. The summed E-state index contributed by atoms with van der Waals surface area (Å²) in [5.41, 5.74) is 3.35. The number of benzene rings is 1. The molecule has 4 rings (SSSR count). The van der Waals surface area contributed by atoms with Gasteiger partial charge in [-0.15, -0.1) is 0 Å². The largest absolute Gasteiger partial charge is 0.392 e. The summed E-state index contributed by atoms with van der Waals surface area (Å²) >= 11 is 0. The van der Waals surface area contributed by atoms with Crippen LogP contribution in [-0.2, 0) is 23.0 Å². The van der Waals surface area contributed by atoms with Gasteiger partial charge in [0.15, 0.2) is 9.84 Å². The fraction of sp³-hybridized carbons (Fsp3) is 0.429. The number of rotatable bonds is 4. The van der Waals surface area contributed by atoms with Gasteiger partial charge in [-0.05, 0) is 42.7 Å². The first kappa shape index (κ1) is 19.8. The molecule has 0 aliphatic carbocycles. The van der Waals surface area contributed by atoms with Gasteiger partial charge < -0.3 is 14.6 Å². The lowest BCUT2D eigenvalue weighted by Gasteiger charge is -2.39. The summed E-state index contributed by atoms with van der Waals surface area (Å²) in [7, 11) is -3.43. The highest BCUT2D eigenvalue weighted by Crippen LogP contribution is 2.39. The molecule has 1 atom stereocenters. The van der Waals surface area contributed by atoms with Crippen molar-refractivity contribution in [1.82, 2.24) is 14.5 Å². The molecular formula is C21H26N4O3S. The van der Waals surface area contributed by atoms with Gasteiger partial charge >= 0.3 is 0 Å². The second kappa shape index (κ2) is 7.11. The van der Waals surface area contributed by atoms with Gasteiger partial charge in [-0.2, -0.15) is 0 Å². The molecule has 7 nitrogen and oxygen atoms in total. The Kier molecular flexibility index (Phi) is 4.86. The van der Waals surface area contributed by atoms with E-state index in [0.717, 1.165) is 28.8 Å². The van der Waals surface area contributed by atoms with Crippen LogP contribution in [0.25, 0.3) is 10.9 Å². The molecule has 154 valence electrons. The number of nitrogens with zero attached hydrogens (tertiary/aromatic N) is 4. The molecule has 1 N–H and O–H groups in total. The number of anilines is 1. The standard InChI is InChI=1S/C21H26N4O3S/c1-13(2)20-18-10-15-9-16(12-26)19(29(4,27)28)11-17(15)24(18)7-8-25(20)21-22-6-5-14(3)23-21/h5-6,9-11,13,20,26H,7-8,12H2,1-4H3/t20-/m0/s1. The maximum absolute atomic E-state index is 12.2. The number of fused-ring (bicyclic) bond motifs is 3. The van der Waals surface area contributed by atoms with Crippen molar-refractivity contribution in [3.63, 3.8) is 0 Å². The van der Waals surface area contributed by atoms with Crippen LogP contribution in [0.2, 0.25) is 0 Å². The summed E-state index contributed by atoms with van der Waals surface area (Å²) in [6, 6.07) is 7.56. The molecule has 0 amide bonds. The maximum Gasteiger partial charge on any atom is 0.226 e. The third-order valence-corrected chi connectivity index (χ3v) is 6.74. The Balaban J connectivity index is 1.91. The van der Waals surface area contributed by atoms with E-state index >= 15 is 0 Å². The van der Waals surface area contributed by atoms with Crippen molar-refractivity contribution >= 4 is 26.7 Å². The first-order chi connectivity index (χ1) is 13.7. The normalized spacial score (nSPS) is 17.2. The van der Waals surface area contributed by atoms with Crippen LogP contribution in [0.4, 0.5) is 5.95 Å². The highest BCUT2D eigenvalue weighted by atomic mass is 32.2. The van der Waals surface area contributed by atoms with Crippen LogP contribution in [0, 0.1) is 12.8 Å². The predicted octanol–water partition coefficient (Wildman–Crippen LogP) is 2.85. The molecule has 1 aliphatic heterocycles. The molecule has 3 heterocycles. The lowest BCUT2D eigenvalue weighted by molar-refractivity contribution is 0.278. The highest BCUT2D eigenvalue weighted by molar-refractivity contribution is 7.90. The number of aromatic nitrogens is 3. The van der Waals surface area contributed by atoms with Gasteiger partial charge in [-0.25, -0.2) is 18.4 Å². The van der Waals surface area contributed by atoms with Gasteiger partial charge in [0, 0.05) is 47.8 Å². The Morgan fingerprint density at radius 3 is 2.62 bits per heavy atom. The second-order valence-corrected chi connectivity index (χ2v) is 10.0. The van der Waals surface area contributed by atoms with E-state index < -0.39 is 9.84 Å². The lowest BCUT2D eigenvalue weighted by atomic mass is 9.97. The number of aryl methyl sites for hydroxylation is 1. The van der Waals surface area contributed by atoms with E-state index in [-0.39, 0.29) is 17.5 Å². The Morgan fingerprint density at radius 2 is 2.00 bits per heavy atom. The van der Waals surface area contributed by atoms with Gasteiger partial charge in [-0.3, -0.25) is 0 Å². The van der Waals surface area contributed by atoms with E-state index in [1.807, 2.05) is 13.0 Å². The maximum atomic E-state index is 12.2. The summed E-state index contributed by atoms with van der Waals surface area (Å²) in [6.07, 6.45) is 2.96. The topological polar surface area (TPSA) is 88.3 Å². The smallest absolute Gasteiger partial charge is 0.226 e. The molecule has 0 spiro atoms. The zero-order valence-electron chi connectivity index (χ0n) is 17.1. The van der Waals surface area contributed by atoms with Crippen molar-refractivity contribution in [2.75, 3.05) is 17.7 Å². The van der Waals surface area contributed by atoms with Crippen molar-refractivity contribution in [3.8, 4) is 0 Å². The van der Waals surface area contributed by atoms with E-state index in [1.54, 1.807) is 18.3 Å². The molecule has 0 bridgehead atoms. The van der Waals surface area contributed by atoms with Crippen LogP contribution in [0.15, 0.2) is 35.4 Å². The van der Waals surface area contributed by atoms with E-state index in [4.69, 9.17) is 0 Å². The van der Waals surface area contributed by atoms with Crippen LogP contribution < -0.4 is 4.90 Å². The molecule has 2 aromatic heterocycles. The molecular weight excluding hydrogens is 388 g/mol. The Bertz CT molecular complexity index is 1180. The fourth-order valence-electron chi connectivity index (χ4n) is 4.33. The number of aliphatic hydroxyl groups excluding tert-OH is 1. The zero-order chi connectivity index (χ0) is 20.9. The SMILES string of the molecule is Cc1ccnc(N2CCn3c(cc4cc(CO)c(S(C)(=O)=O)cc43)[C@@H]2C(C)C)n1. The summed E-state index contributed by atoms with van der Waals surface area (Å²) < 4.78 is 26.7. The summed E-state index contributed by atoms with van der Waals surface area (Å²) in [6.45, 7) is 7.43. The Hall–Kier alpha value is -2.45. The number of sulfone groups is 1. The predicted molar refractivity (Wildman–Crippen MR) is 113 cm³/mol. The molecule has 3 aromatic rings. The Labute approximate surface area is 170 Å². The first-order valence-electron chi connectivity index (χ1n) is 9.74. The van der Waals surface area contributed by atoms with Gasteiger partial charge in [-0.1, -0.05) is 13.8 Å². The van der Waals surface area contributed by atoms with Crippen LogP contribution in [-0.4, -0.2) is 40.9 Å². The fourth-order valence-corrected chi connectivity index (χ4v) is 5.25. The quantitative estimate of drug-likeness (QED) is 0.706. The van der Waals surface area contributed by atoms with Crippen molar-refractivity contribution in [2.24, 2.45) is 5.92 Å². The molecule has 0 unspecified atom stereocenters. The van der Waals surface area contributed by atoms with E-state index in [9.17, 15) is 13.5 Å². The summed E-state index contributed by atoms with van der Waals surface area (Å²) in [5, 5.41) is 10.6. The zero-order valence-corrected chi connectivity index (χ0v) is 17.9. The van der Waals surface area contributed by atoms with Crippen molar-refractivity contribution in [1.29, 1.82) is 0 Å². The molecule has 29 heavy (non-hydrogen) atoms. The monoisotopic (exact) mass is 414 g/mol. The average Bonchev–Trinajstić information content (AvgIpc) is 3.02. The molecule has 1 aliphatic rings. The second-order valence-electron chi connectivity index (χ2n) is 8.05. The number of hydrogen-bond acceptors (Lipinski definition) is 6. The van der Waals surface area contributed by atoms with Crippen molar-refractivity contribution in [2.45, 2.75) is 44.9 Å². The molecule has 0 fully saturated rings. The molecule has 8 heteroatoms. The van der Waals surface area contributed by atoms with Crippen LogP contribution in [0.3, 0.4) is 0 Å². The first-order valence-corrected chi connectivity index (χ1v) is 11.6. The average molecular weight is 415 g/mol. The van der Waals surface area contributed by atoms with Gasteiger partial charge in [0.2, 0.25) is 5.95 Å². The minimum Gasteiger partial charge on any atom is -0.392 e. The molecule has 0 saturated carbocycles. The minimum absolute atomic E-state index is 0.0669. The van der Waals surface area contributed by atoms with Crippen molar-refractivity contribution < 1.29 is 13.5 Å². The number of aliphatic hydroxyl groups is 1.